The van der Waals surface area contributed by atoms with Gasteiger partial charge in [-0.15, -0.1) is 0 Å². The van der Waals surface area contributed by atoms with E-state index in [-0.39, 0.29) is 5.03 Å². The van der Waals surface area contributed by atoms with Crippen LogP contribution in [-0.4, -0.2) is 71.5 Å². The molecule has 1 aromatic carbocycles. The third-order valence-electron chi connectivity index (χ3n) is 5.89. The molecule has 0 saturated carbocycles. The van der Waals surface area contributed by atoms with E-state index in [0.717, 1.165) is 35.5 Å². The van der Waals surface area contributed by atoms with E-state index in [2.05, 4.69) is 36.9 Å². The van der Waals surface area contributed by atoms with Crippen molar-refractivity contribution in [2.24, 2.45) is 7.05 Å². The van der Waals surface area contributed by atoms with Gasteiger partial charge in [0.15, 0.2) is 5.03 Å². The molecular formula is C20H25N7O2S. The van der Waals surface area contributed by atoms with Gasteiger partial charge in [0.2, 0.25) is 0 Å². The first-order valence-electron chi connectivity index (χ1n) is 10.3. The van der Waals surface area contributed by atoms with Crippen molar-refractivity contribution in [3.63, 3.8) is 0 Å². The summed E-state index contributed by atoms with van der Waals surface area (Å²) in [4.78, 5) is 17.6. The third kappa shape index (κ3) is 3.39. The van der Waals surface area contributed by atoms with E-state index in [1.165, 1.54) is 23.5 Å². The van der Waals surface area contributed by atoms with E-state index in [1.54, 1.807) is 24.1 Å². The molecule has 10 heteroatoms. The Morgan fingerprint density at radius 3 is 2.37 bits per heavy atom. The predicted octanol–water partition coefficient (Wildman–Crippen LogP) is 1.47. The zero-order valence-corrected chi connectivity index (χ0v) is 17.8. The van der Waals surface area contributed by atoms with E-state index in [1.807, 2.05) is 6.07 Å². The van der Waals surface area contributed by atoms with Crippen LogP contribution in [0.4, 0.5) is 11.5 Å². The fraction of sp³-hybridized carbons (Fsp3) is 0.450. The van der Waals surface area contributed by atoms with Gasteiger partial charge < -0.3 is 14.4 Å². The van der Waals surface area contributed by atoms with Crippen molar-refractivity contribution < 1.29 is 8.42 Å². The topological polar surface area (TPSA) is 87.5 Å². The number of rotatable bonds is 4. The molecule has 4 heterocycles. The molecule has 2 fully saturated rings. The molecule has 2 saturated heterocycles. The quantitative estimate of drug-likeness (QED) is 0.623. The first-order chi connectivity index (χ1) is 14.5. The number of hydrogen-bond donors (Lipinski definition) is 0. The lowest BCUT2D eigenvalue weighted by atomic mass is 10.1. The number of hydrogen-bond acceptors (Lipinski definition) is 7. The van der Waals surface area contributed by atoms with E-state index in [0.29, 0.717) is 26.2 Å². The molecule has 0 radical (unpaired) electrons. The minimum absolute atomic E-state index is 0.108. The monoisotopic (exact) mass is 427 g/mol. The van der Waals surface area contributed by atoms with Gasteiger partial charge in [-0.2, -0.15) is 4.31 Å². The Morgan fingerprint density at radius 2 is 1.67 bits per heavy atom. The van der Waals surface area contributed by atoms with Crippen LogP contribution < -0.4 is 9.80 Å². The molecule has 0 aliphatic carbocycles. The van der Waals surface area contributed by atoms with Gasteiger partial charge in [0.1, 0.15) is 12.1 Å². The molecular weight excluding hydrogens is 402 g/mol. The van der Waals surface area contributed by atoms with Crippen molar-refractivity contribution in [1.82, 2.24) is 23.8 Å². The van der Waals surface area contributed by atoms with Crippen LogP contribution in [0.1, 0.15) is 12.8 Å². The number of nitrogens with zero attached hydrogens (tertiary/aromatic N) is 7. The second-order valence-corrected chi connectivity index (χ2v) is 9.75. The number of fused-ring (bicyclic) bond motifs is 1. The van der Waals surface area contributed by atoms with E-state index in [4.69, 9.17) is 0 Å². The number of piperazine rings is 1. The molecule has 5 rings (SSSR count). The van der Waals surface area contributed by atoms with E-state index >= 15 is 0 Å². The largest absolute Gasteiger partial charge is 0.369 e. The molecule has 9 nitrogen and oxygen atoms in total. The molecule has 0 bridgehead atoms. The molecule has 158 valence electrons. The summed E-state index contributed by atoms with van der Waals surface area (Å²) in [7, 11) is -1.78. The minimum Gasteiger partial charge on any atom is -0.369 e. The van der Waals surface area contributed by atoms with Gasteiger partial charge in [-0.25, -0.2) is 23.4 Å². The lowest BCUT2D eigenvalue weighted by molar-refractivity contribution is 0.383. The van der Waals surface area contributed by atoms with Gasteiger partial charge in [-0.3, -0.25) is 0 Å². The lowest BCUT2D eigenvalue weighted by Crippen LogP contribution is -2.48. The van der Waals surface area contributed by atoms with Gasteiger partial charge in [0.05, 0.1) is 11.8 Å². The standard InChI is InChI=1S/C20H25N7O2S/c1-24-13-19(23-15-24)30(28,29)27-10-8-25(9-11-27)16-4-5-18-17(12-16)20(22-14-21-18)26-6-2-3-7-26/h4-5,12-15H,2-3,6-11H2,1H3. The smallest absolute Gasteiger partial charge is 0.262 e. The van der Waals surface area contributed by atoms with Crippen LogP contribution >= 0.6 is 0 Å². The maximum absolute atomic E-state index is 12.8. The average Bonchev–Trinajstić information content (AvgIpc) is 3.45. The number of benzene rings is 1. The molecule has 0 N–H and O–H groups in total. The highest BCUT2D eigenvalue weighted by Gasteiger charge is 2.30. The van der Waals surface area contributed by atoms with Crippen LogP contribution in [0.15, 0.2) is 42.1 Å². The van der Waals surface area contributed by atoms with Gasteiger partial charge >= 0.3 is 0 Å². The van der Waals surface area contributed by atoms with Crippen molar-refractivity contribution in [1.29, 1.82) is 0 Å². The van der Waals surface area contributed by atoms with Gasteiger partial charge in [0, 0.05) is 63.6 Å². The molecule has 2 aliphatic rings. The van der Waals surface area contributed by atoms with Crippen molar-refractivity contribution in [2.45, 2.75) is 17.9 Å². The first kappa shape index (κ1) is 19.3. The highest BCUT2D eigenvalue weighted by molar-refractivity contribution is 7.89. The van der Waals surface area contributed by atoms with Crippen LogP contribution in [0, 0.1) is 0 Å². The Morgan fingerprint density at radius 1 is 0.900 bits per heavy atom. The normalized spacial score (nSPS) is 18.4. The summed E-state index contributed by atoms with van der Waals surface area (Å²) in [6.45, 7) is 4.18. The highest BCUT2D eigenvalue weighted by Crippen LogP contribution is 2.30. The maximum Gasteiger partial charge on any atom is 0.262 e. The second kappa shape index (κ2) is 7.51. The summed E-state index contributed by atoms with van der Waals surface area (Å²) >= 11 is 0. The minimum atomic E-state index is -3.55. The third-order valence-corrected chi connectivity index (χ3v) is 7.68. The van der Waals surface area contributed by atoms with Crippen molar-refractivity contribution in [3.8, 4) is 0 Å². The zero-order chi connectivity index (χ0) is 20.7. The van der Waals surface area contributed by atoms with Crippen LogP contribution in [0.3, 0.4) is 0 Å². The number of anilines is 2. The fourth-order valence-electron chi connectivity index (χ4n) is 4.25. The molecule has 0 atom stereocenters. The number of imidazole rings is 1. The van der Waals surface area contributed by atoms with Crippen molar-refractivity contribution in [3.05, 3.63) is 37.1 Å². The molecule has 0 unspecified atom stereocenters. The summed E-state index contributed by atoms with van der Waals surface area (Å²) in [5.41, 5.74) is 2.01. The van der Waals surface area contributed by atoms with Crippen molar-refractivity contribution >= 4 is 32.4 Å². The van der Waals surface area contributed by atoms with Gasteiger partial charge in [-0.1, -0.05) is 0 Å². The average molecular weight is 428 g/mol. The Kier molecular flexibility index (Phi) is 4.82. The Balaban J connectivity index is 1.36. The van der Waals surface area contributed by atoms with Gasteiger partial charge in [-0.05, 0) is 31.0 Å². The fourth-order valence-corrected chi connectivity index (χ4v) is 5.64. The predicted molar refractivity (Wildman–Crippen MR) is 115 cm³/mol. The lowest BCUT2D eigenvalue weighted by Gasteiger charge is -2.35. The molecule has 3 aromatic rings. The molecule has 2 aromatic heterocycles. The molecule has 30 heavy (non-hydrogen) atoms. The molecule has 2 aliphatic heterocycles. The number of aromatic nitrogens is 4. The Hall–Kier alpha value is -2.72. The van der Waals surface area contributed by atoms with E-state index in [9.17, 15) is 8.42 Å². The SMILES string of the molecule is Cn1cnc(S(=O)(=O)N2CCN(c3ccc4ncnc(N5CCCC5)c4c3)CC2)c1. The summed E-state index contributed by atoms with van der Waals surface area (Å²) in [5.74, 6) is 0.996. The summed E-state index contributed by atoms with van der Waals surface area (Å²) < 4.78 is 28.8. The molecule has 0 amide bonds. The second-order valence-electron chi connectivity index (χ2n) is 7.86. The molecule has 0 spiro atoms. The Labute approximate surface area is 176 Å². The zero-order valence-electron chi connectivity index (χ0n) is 17.0. The summed E-state index contributed by atoms with van der Waals surface area (Å²) in [6, 6.07) is 6.24. The van der Waals surface area contributed by atoms with Gasteiger partial charge in [0.25, 0.3) is 10.0 Å². The number of sulfonamides is 1. The number of aryl methyl sites for hydroxylation is 1. The van der Waals surface area contributed by atoms with Crippen LogP contribution in [-0.2, 0) is 17.1 Å². The summed E-state index contributed by atoms with van der Waals surface area (Å²) in [6.07, 6.45) is 7.08. The first-order valence-corrected chi connectivity index (χ1v) is 11.7. The Bertz CT molecular complexity index is 1160. The maximum atomic E-state index is 12.8. The van der Waals surface area contributed by atoms with Crippen LogP contribution in [0.2, 0.25) is 0 Å². The summed E-state index contributed by atoms with van der Waals surface area (Å²) in [5, 5.41) is 1.16. The van der Waals surface area contributed by atoms with Crippen LogP contribution in [0.25, 0.3) is 10.9 Å². The highest BCUT2D eigenvalue weighted by atomic mass is 32.2. The van der Waals surface area contributed by atoms with Crippen LogP contribution in [0.5, 0.6) is 0 Å². The van der Waals surface area contributed by atoms with E-state index < -0.39 is 10.0 Å². The van der Waals surface area contributed by atoms with Crippen molar-refractivity contribution in [2.75, 3.05) is 49.1 Å².